The van der Waals surface area contributed by atoms with Gasteiger partial charge in [-0.1, -0.05) is 12.8 Å². The molecular formula is C12H21N3. The van der Waals surface area contributed by atoms with Crippen molar-refractivity contribution in [2.24, 2.45) is 11.7 Å². The lowest BCUT2D eigenvalue weighted by Crippen LogP contribution is -2.27. The van der Waals surface area contributed by atoms with Crippen molar-refractivity contribution in [2.45, 2.75) is 45.1 Å². The highest BCUT2D eigenvalue weighted by atomic mass is 15.3. The van der Waals surface area contributed by atoms with Crippen molar-refractivity contribution in [2.75, 3.05) is 6.54 Å². The van der Waals surface area contributed by atoms with Crippen LogP contribution in [0.3, 0.4) is 0 Å². The number of rotatable bonds is 3. The molecule has 2 unspecified atom stereocenters. The highest BCUT2D eigenvalue weighted by Crippen LogP contribution is 2.36. The van der Waals surface area contributed by atoms with Crippen LogP contribution in [-0.4, -0.2) is 16.3 Å². The molecule has 0 aromatic carbocycles. The van der Waals surface area contributed by atoms with Gasteiger partial charge in [-0.2, -0.15) is 5.10 Å². The highest BCUT2D eigenvalue weighted by molar-refractivity contribution is 5.10. The van der Waals surface area contributed by atoms with Crippen LogP contribution in [0.15, 0.2) is 12.3 Å². The fraction of sp³-hybridized carbons (Fsp3) is 0.750. The normalized spacial score (nSPS) is 26.8. The molecule has 0 saturated heterocycles. The molecule has 0 radical (unpaired) electrons. The van der Waals surface area contributed by atoms with E-state index in [1.54, 1.807) is 0 Å². The van der Waals surface area contributed by atoms with E-state index in [2.05, 4.69) is 22.8 Å². The Balaban J connectivity index is 2.20. The summed E-state index contributed by atoms with van der Waals surface area (Å²) in [5, 5.41) is 4.35. The second-order valence-corrected chi connectivity index (χ2v) is 4.46. The summed E-state index contributed by atoms with van der Waals surface area (Å²) in [6.45, 7) is 3.94. The van der Waals surface area contributed by atoms with Gasteiger partial charge in [-0.15, -0.1) is 0 Å². The monoisotopic (exact) mass is 207 g/mol. The summed E-state index contributed by atoms with van der Waals surface area (Å²) in [6, 6.07) is 2.17. The van der Waals surface area contributed by atoms with E-state index < -0.39 is 0 Å². The van der Waals surface area contributed by atoms with Crippen LogP contribution in [-0.2, 0) is 6.54 Å². The first kappa shape index (κ1) is 10.7. The van der Waals surface area contributed by atoms with Crippen LogP contribution in [0.4, 0.5) is 0 Å². The molecule has 0 bridgehead atoms. The van der Waals surface area contributed by atoms with Crippen LogP contribution < -0.4 is 5.73 Å². The number of hydrogen-bond acceptors (Lipinski definition) is 2. The van der Waals surface area contributed by atoms with Gasteiger partial charge in [0.25, 0.3) is 0 Å². The Bertz CT molecular complexity index is 306. The molecule has 2 rings (SSSR count). The summed E-state index contributed by atoms with van der Waals surface area (Å²) >= 11 is 0. The average Bonchev–Trinajstić information content (AvgIpc) is 2.76. The largest absolute Gasteiger partial charge is 0.330 e. The minimum Gasteiger partial charge on any atom is -0.330 e. The molecule has 15 heavy (non-hydrogen) atoms. The van der Waals surface area contributed by atoms with Crippen molar-refractivity contribution in [3.8, 4) is 0 Å². The van der Waals surface area contributed by atoms with Crippen LogP contribution in [0, 0.1) is 5.92 Å². The Labute approximate surface area is 91.7 Å². The van der Waals surface area contributed by atoms with Crippen molar-refractivity contribution >= 4 is 0 Å². The molecule has 1 fully saturated rings. The van der Waals surface area contributed by atoms with Gasteiger partial charge in [0.1, 0.15) is 0 Å². The summed E-state index contributed by atoms with van der Waals surface area (Å²) < 4.78 is 2.12. The Kier molecular flexibility index (Phi) is 3.41. The number of nitrogens with two attached hydrogens (primary N) is 1. The molecule has 1 aromatic rings. The van der Waals surface area contributed by atoms with Crippen molar-refractivity contribution < 1.29 is 0 Å². The van der Waals surface area contributed by atoms with E-state index in [9.17, 15) is 0 Å². The Morgan fingerprint density at radius 2 is 2.27 bits per heavy atom. The SMILES string of the molecule is CCn1nccc1C1CCCCC1CN. The summed E-state index contributed by atoms with van der Waals surface area (Å²) in [6.07, 6.45) is 7.18. The first-order valence-electron chi connectivity index (χ1n) is 6.08. The Morgan fingerprint density at radius 3 is 3.00 bits per heavy atom. The van der Waals surface area contributed by atoms with Gasteiger partial charge in [-0.05, 0) is 38.3 Å². The summed E-state index contributed by atoms with van der Waals surface area (Å²) in [4.78, 5) is 0. The molecule has 3 heteroatoms. The van der Waals surface area contributed by atoms with Crippen LogP contribution >= 0.6 is 0 Å². The summed E-state index contributed by atoms with van der Waals surface area (Å²) in [7, 11) is 0. The molecule has 2 atom stereocenters. The lowest BCUT2D eigenvalue weighted by atomic mass is 9.77. The Morgan fingerprint density at radius 1 is 1.47 bits per heavy atom. The third-order valence-corrected chi connectivity index (χ3v) is 3.64. The summed E-state index contributed by atoms with van der Waals surface area (Å²) in [5.74, 6) is 1.31. The lowest BCUT2D eigenvalue weighted by molar-refractivity contribution is 0.300. The van der Waals surface area contributed by atoms with E-state index in [0.717, 1.165) is 13.1 Å². The molecule has 0 aliphatic heterocycles. The number of aromatic nitrogens is 2. The smallest absolute Gasteiger partial charge is 0.0492 e. The Hall–Kier alpha value is -0.830. The van der Waals surface area contributed by atoms with Gasteiger partial charge >= 0.3 is 0 Å². The maximum absolute atomic E-state index is 5.86. The van der Waals surface area contributed by atoms with E-state index in [1.165, 1.54) is 31.4 Å². The zero-order chi connectivity index (χ0) is 10.7. The van der Waals surface area contributed by atoms with E-state index in [1.807, 2.05) is 6.20 Å². The minimum absolute atomic E-state index is 0.645. The molecule has 3 nitrogen and oxygen atoms in total. The third kappa shape index (κ3) is 2.07. The average molecular weight is 207 g/mol. The van der Waals surface area contributed by atoms with Crippen molar-refractivity contribution in [1.29, 1.82) is 0 Å². The minimum atomic E-state index is 0.645. The molecule has 1 saturated carbocycles. The van der Waals surface area contributed by atoms with Gasteiger partial charge in [0.05, 0.1) is 0 Å². The fourth-order valence-corrected chi connectivity index (χ4v) is 2.80. The molecule has 1 aliphatic carbocycles. The first-order chi connectivity index (χ1) is 7.36. The van der Waals surface area contributed by atoms with E-state index in [4.69, 9.17) is 5.73 Å². The molecule has 0 spiro atoms. The van der Waals surface area contributed by atoms with Crippen LogP contribution in [0.1, 0.15) is 44.2 Å². The van der Waals surface area contributed by atoms with Crippen LogP contribution in [0.5, 0.6) is 0 Å². The van der Waals surface area contributed by atoms with Crippen LogP contribution in [0.25, 0.3) is 0 Å². The van der Waals surface area contributed by atoms with E-state index >= 15 is 0 Å². The predicted molar refractivity (Wildman–Crippen MR) is 61.7 cm³/mol. The van der Waals surface area contributed by atoms with Crippen molar-refractivity contribution in [3.63, 3.8) is 0 Å². The van der Waals surface area contributed by atoms with Gasteiger partial charge in [-0.25, -0.2) is 0 Å². The zero-order valence-corrected chi connectivity index (χ0v) is 9.52. The second-order valence-electron chi connectivity index (χ2n) is 4.46. The maximum atomic E-state index is 5.86. The molecular weight excluding hydrogens is 186 g/mol. The predicted octanol–water partition coefficient (Wildman–Crippen LogP) is 2.14. The van der Waals surface area contributed by atoms with Gasteiger partial charge in [0, 0.05) is 24.4 Å². The molecule has 0 amide bonds. The standard InChI is InChI=1S/C12H21N3/c1-2-15-12(7-8-14-15)11-6-4-3-5-10(11)9-13/h7-8,10-11H,2-6,9,13H2,1H3. The highest BCUT2D eigenvalue weighted by Gasteiger charge is 2.27. The molecule has 84 valence electrons. The summed E-state index contributed by atoms with van der Waals surface area (Å²) in [5.41, 5.74) is 7.26. The van der Waals surface area contributed by atoms with Gasteiger partial charge in [0.15, 0.2) is 0 Å². The molecule has 1 aromatic heterocycles. The lowest BCUT2D eigenvalue weighted by Gasteiger charge is -2.30. The van der Waals surface area contributed by atoms with Crippen LogP contribution in [0.2, 0.25) is 0 Å². The topological polar surface area (TPSA) is 43.8 Å². The fourth-order valence-electron chi connectivity index (χ4n) is 2.80. The van der Waals surface area contributed by atoms with Crippen molar-refractivity contribution in [1.82, 2.24) is 9.78 Å². The van der Waals surface area contributed by atoms with E-state index in [0.29, 0.717) is 11.8 Å². The third-order valence-electron chi connectivity index (χ3n) is 3.64. The number of hydrogen-bond donors (Lipinski definition) is 1. The quantitative estimate of drug-likeness (QED) is 0.825. The number of nitrogens with zero attached hydrogens (tertiary/aromatic N) is 2. The molecule has 1 heterocycles. The van der Waals surface area contributed by atoms with Gasteiger partial charge in [-0.3, -0.25) is 4.68 Å². The molecule has 1 aliphatic rings. The van der Waals surface area contributed by atoms with Gasteiger partial charge in [0.2, 0.25) is 0 Å². The van der Waals surface area contributed by atoms with E-state index in [-0.39, 0.29) is 0 Å². The van der Waals surface area contributed by atoms with Gasteiger partial charge < -0.3 is 5.73 Å². The van der Waals surface area contributed by atoms with Crippen molar-refractivity contribution in [3.05, 3.63) is 18.0 Å². The first-order valence-corrected chi connectivity index (χ1v) is 6.08. The number of aryl methyl sites for hydroxylation is 1. The zero-order valence-electron chi connectivity index (χ0n) is 9.52. The molecule has 2 N–H and O–H groups in total. The second kappa shape index (κ2) is 4.79. The maximum Gasteiger partial charge on any atom is 0.0492 e.